The Morgan fingerprint density at radius 3 is 2.52 bits per heavy atom. The van der Waals surface area contributed by atoms with E-state index in [1.165, 1.54) is 0 Å². The highest BCUT2D eigenvalue weighted by molar-refractivity contribution is 5.79. The molecule has 1 fully saturated rings. The van der Waals surface area contributed by atoms with Gasteiger partial charge in [0.1, 0.15) is 17.7 Å². The van der Waals surface area contributed by atoms with E-state index in [1.54, 1.807) is 31.3 Å². The lowest BCUT2D eigenvalue weighted by atomic mass is 10.0. The molecule has 0 spiro atoms. The lowest BCUT2D eigenvalue weighted by Crippen LogP contribution is -2.44. The number of nitrogens with two attached hydrogens (primary N) is 3. The molecule has 1 aromatic carbocycles. The lowest BCUT2D eigenvalue weighted by molar-refractivity contribution is -0.141. The van der Waals surface area contributed by atoms with E-state index in [0.717, 1.165) is 31.6 Å². The number of likely N-dealkylation sites (tertiary alicyclic amines) is 1. The maximum Gasteiger partial charge on any atom is 0.328 e. The van der Waals surface area contributed by atoms with Crippen molar-refractivity contribution in [2.45, 2.75) is 25.3 Å². The molecule has 1 aromatic heterocycles. The summed E-state index contributed by atoms with van der Waals surface area (Å²) in [6, 6.07) is 10.4. The Kier molecular flexibility index (Phi) is 7.25. The van der Waals surface area contributed by atoms with Crippen molar-refractivity contribution < 1.29 is 9.53 Å². The van der Waals surface area contributed by atoms with Crippen molar-refractivity contribution in [3.05, 3.63) is 36.4 Å². The third-order valence-corrected chi connectivity index (χ3v) is 4.39. The number of anilines is 4. The summed E-state index contributed by atoms with van der Waals surface area (Å²) in [5.41, 5.74) is 17.6. The van der Waals surface area contributed by atoms with Gasteiger partial charge in [-0.05, 0) is 50.7 Å². The van der Waals surface area contributed by atoms with Crippen molar-refractivity contribution in [3.8, 4) is 5.75 Å². The largest absolute Gasteiger partial charge is 0.423 e. The molecule has 0 saturated carbocycles. The summed E-state index contributed by atoms with van der Waals surface area (Å²) < 4.78 is 5.35. The number of esters is 1. The summed E-state index contributed by atoms with van der Waals surface area (Å²) in [5, 5.41) is 2.85. The second kappa shape index (κ2) is 9.63. The van der Waals surface area contributed by atoms with E-state index in [-0.39, 0.29) is 12.0 Å². The number of rotatable bonds is 3. The van der Waals surface area contributed by atoms with E-state index in [0.29, 0.717) is 22.9 Å². The molecule has 0 radical (unpaired) electrons. The minimum atomic E-state index is -0.204. The van der Waals surface area contributed by atoms with E-state index in [2.05, 4.69) is 10.3 Å². The molecule has 1 aliphatic heterocycles. The zero-order valence-electron chi connectivity index (χ0n) is 15.8. The van der Waals surface area contributed by atoms with E-state index in [1.807, 2.05) is 24.1 Å². The molecule has 0 amide bonds. The minimum absolute atomic E-state index is 0.136. The average Bonchev–Trinajstić information content (AvgIpc) is 2.66. The van der Waals surface area contributed by atoms with Crippen LogP contribution in [0.2, 0.25) is 0 Å². The number of benzene rings is 1. The first-order chi connectivity index (χ1) is 12.9. The van der Waals surface area contributed by atoms with Crippen molar-refractivity contribution in [3.63, 3.8) is 0 Å². The van der Waals surface area contributed by atoms with Crippen molar-refractivity contribution >= 4 is 29.0 Å². The van der Waals surface area contributed by atoms with Gasteiger partial charge in [-0.25, -0.2) is 9.78 Å². The van der Waals surface area contributed by atoms with Crippen molar-refractivity contribution in [2.75, 3.05) is 43.2 Å². The number of pyridine rings is 1. The van der Waals surface area contributed by atoms with Gasteiger partial charge >= 0.3 is 5.97 Å². The standard InChI is InChI=1S/C13H18N2O2.C6H10N4/c1-15-9-5-4-7-11(15)13(16)17-12-8-3-2-6-10(12)14;1-9-5-3-2-4(7)6(8)10-5/h2-3,6,8,11H,4-5,7,9,14H2,1H3;2-3H,7H2,1H3,(H3,8,9,10). The molecule has 1 unspecified atom stereocenters. The molecule has 8 heteroatoms. The highest BCUT2D eigenvalue weighted by Crippen LogP contribution is 2.23. The van der Waals surface area contributed by atoms with Crippen LogP contribution in [0.25, 0.3) is 0 Å². The van der Waals surface area contributed by atoms with E-state index >= 15 is 0 Å². The van der Waals surface area contributed by atoms with Crippen molar-refractivity contribution in [1.82, 2.24) is 9.88 Å². The summed E-state index contributed by atoms with van der Waals surface area (Å²) in [6.07, 6.45) is 3.09. The number of para-hydroxylation sites is 2. The molecule has 2 aromatic rings. The fourth-order valence-electron chi connectivity index (χ4n) is 2.75. The van der Waals surface area contributed by atoms with Gasteiger partial charge in [0.2, 0.25) is 0 Å². The number of hydrogen-bond acceptors (Lipinski definition) is 8. The van der Waals surface area contributed by atoms with Crippen LogP contribution in [0.4, 0.5) is 23.0 Å². The number of carbonyl (C=O) groups excluding carboxylic acids is 1. The van der Waals surface area contributed by atoms with Gasteiger partial charge in [0.25, 0.3) is 0 Å². The van der Waals surface area contributed by atoms with Gasteiger partial charge in [-0.1, -0.05) is 18.6 Å². The third-order valence-electron chi connectivity index (χ3n) is 4.39. The van der Waals surface area contributed by atoms with Gasteiger partial charge in [-0.15, -0.1) is 0 Å². The summed E-state index contributed by atoms with van der Waals surface area (Å²) >= 11 is 0. The molecular formula is C19H28N6O2. The molecule has 3 rings (SSSR count). The molecular weight excluding hydrogens is 344 g/mol. The Balaban J connectivity index is 0.000000223. The number of nitrogen functional groups attached to an aromatic ring is 3. The van der Waals surface area contributed by atoms with Crippen LogP contribution >= 0.6 is 0 Å². The molecule has 7 N–H and O–H groups in total. The molecule has 0 bridgehead atoms. The second-order valence-electron chi connectivity index (χ2n) is 6.37. The number of piperidine rings is 1. The number of nitrogens with one attached hydrogen (secondary N) is 1. The first kappa shape index (κ1) is 20.3. The molecule has 1 aliphatic rings. The van der Waals surface area contributed by atoms with Crippen LogP contribution in [-0.4, -0.2) is 42.5 Å². The molecule has 8 nitrogen and oxygen atoms in total. The van der Waals surface area contributed by atoms with Crippen LogP contribution in [0.3, 0.4) is 0 Å². The fraction of sp³-hybridized carbons (Fsp3) is 0.368. The Morgan fingerprint density at radius 2 is 1.89 bits per heavy atom. The number of hydrogen-bond donors (Lipinski definition) is 4. The minimum Gasteiger partial charge on any atom is -0.423 e. The van der Waals surface area contributed by atoms with Gasteiger partial charge in [0.15, 0.2) is 5.75 Å². The average molecular weight is 372 g/mol. The predicted molar refractivity (Wildman–Crippen MR) is 109 cm³/mol. The Labute approximate surface area is 159 Å². The molecule has 1 saturated heterocycles. The van der Waals surface area contributed by atoms with Crippen molar-refractivity contribution in [2.24, 2.45) is 0 Å². The highest BCUT2D eigenvalue weighted by atomic mass is 16.5. The molecule has 146 valence electrons. The maximum absolute atomic E-state index is 12.0. The monoisotopic (exact) mass is 372 g/mol. The van der Waals surface area contributed by atoms with Crippen LogP contribution < -0.4 is 27.3 Å². The van der Waals surface area contributed by atoms with E-state index < -0.39 is 0 Å². The number of carbonyl (C=O) groups is 1. The summed E-state index contributed by atoms with van der Waals surface area (Å²) in [5.74, 6) is 1.35. The maximum atomic E-state index is 12.0. The topological polar surface area (TPSA) is 133 Å². The van der Waals surface area contributed by atoms with Gasteiger partial charge in [0, 0.05) is 7.05 Å². The number of aromatic nitrogens is 1. The van der Waals surface area contributed by atoms with E-state index in [9.17, 15) is 4.79 Å². The van der Waals surface area contributed by atoms with E-state index in [4.69, 9.17) is 21.9 Å². The van der Waals surface area contributed by atoms with Gasteiger partial charge in [0.05, 0.1) is 11.4 Å². The second-order valence-corrected chi connectivity index (χ2v) is 6.37. The Hall–Kier alpha value is -3.00. The zero-order valence-corrected chi connectivity index (χ0v) is 15.8. The van der Waals surface area contributed by atoms with Crippen molar-refractivity contribution in [1.29, 1.82) is 0 Å². The fourth-order valence-corrected chi connectivity index (χ4v) is 2.75. The zero-order chi connectivity index (χ0) is 19.8. The summed E-state index contributed by atoms with van der Waals surface area (Å²) in [6.45, 7) is 0.948. The number of likely N-dealkylation sites (N-methyl/N-ethyl adjacent to an activating group) is 1. The molecule has 2 heterocycles. The van der Waals surface area contributed by atoms with Crippen LogP contribution in [0.1, 0.15) is 19.3 Å². The Morgan fingerprint density at radius 1 is 1.15 bits per heavy atom. The van der Waals surface area contributed by atoms with Crippen LogP contribution in [0, 0.1) is 0 Å². The molecule has 0 aliphatic carbocycles. The number of ether oxygens (including phenoxy) is 1. The van der Waals surface area contributed by atoms with Gasteiger partial charge in [-0.2, -0.15) is 0 Å². The smallest absolute Gasteiger partial charge is 0.328 e. The van der Waals surface area contributed by atoms with Gasteiger partial charge in [-0.3, -0.25) is 4.90 Å². The van der Waals surface area contributed by atoms with Gasteiger partial charge < -0.3 is 27.3 Å². The normalized spacial score (nSPS) is 16.7. The third kappa shape index (κ3) is 5.75. The first-order valence-electron chi connectivity index (χ1n) is 8.88. The van der Waals surface area contributed by atoms with Crippen LogP contribution in [-0.2, 0) is 4.79 Å². The highest BCUT2D eigenvalue weighted by Gasteiger charge is 2.27. The summed E-state index contributed by atoms with van der Waals surface area (Å²) in [4.78, 5) is 18.0. The SMILES string of the molecule is CN1CCCCC1C(=O)Oc1ccccc1N.CNc1ccc(N)c(N)n1. The molecule has 1 atom stereocenters. The quantitative estimate of drug-likeness (QED) is 0.365. The predicted octanol–water partition coefficient (Wildman–Crippen LogP) is 1.95. The lowest BCUT2D eigenvalue weighted by Gasteiger charge is -2.30. The first-order valence-corrected chi connectivity index (χ1v) is 8.88. The number of nitrogens with zero attached hydrogens (tertiary/aromatic N) is 2. The van der Waals surface area contributed by atoms with Crippen LogP contribution in [0.15, 0.2) is 36.4 Å². The molecule has 27 heavy (non-hydrogen) atoms. The summed E-state index contributed by atoms with van der Waals surface area (Å²) in [7, 11) is 3.73. The van der Waals surface area contributed by atoms with Crippen LogP contribution in [0.5, 0.6) is 5.75 Å². The Bertz CT molecular complexity index is 768.